The van der Waals surface area contributed by atoms with Crippen LogP contribution in [0.3, 0.4) is 0 Å². The molecule has 3 atom stereocenters. The molecule has 2 aliphatic heterocycles. The minimum absolute atomic E-state index is 0.00397. The maximum atomic E-state index is 14.5. The number of rotatable bonds is 9. The number of likely N-dealkylation sites (N-methyl/N-ethyl adjacent to an activating group) is 1. The monoisotopic (exact) mass is 433 g/mol. The number of benzene rings is 1. The van der Waals surface area contributed by atoms with E-state index < -0.39 is 11.7 Å². The molecule has 1 N–H and O–H groups in total. The van der Waals surface area contributed by atoms with Gasteiger partial charge >= 0.3 is 0 Å². The van der Waals surface area contributed by atoms with E-state index >= 15 is 0 Å². The third-order valence-corrected chi connectivity index (χ3v) is 6.36. The molecular formula is C23H32FN3O4. The fourth-order valence-electron chi connectivity index (χ4n) is 4.43. The van der Waals surface area contributed by atoms with Gasteiger partial charge in [0.05, 0.1) is 6.04 Å². The number of hydrogen-bond acceptors (Lipinski definition) is 5. The summed E-state index contributed by atoms with van der Waals surface area (Å²) in [6.07, 6.45) is 2.15. The van der Waals surface area contributed by atoms with Crippen molar-refractivity contribution in [2.75, 3.05) is 26.7 Å². The molecule has 31 heavy (non-hydrogen) atoms. The number of halogens is 1. The van der Waals surface area contributed by atoms with Crippen molar-refractivity contribution in [2.45, 2.75) is 63.8 Å². The van der Waals surface area contributed by atoms with Gasteiger partial charge in [0.15, 0.2) is 0 Å². The molecule has 0 aliphatic carbocycles. The van der Waals surface area contributed by atoms with Crippen LogP contribution in [0.1, 0.15) is 55.5 Å². The Balaban J connectivity index is 1.64. The van der Waals surface area contributed by atoms with Gasteiger partial charge in [-0.25, -0.2) is 4.39 Å². The fourth-order valence-corrected chi connectivity index (χ4v) is 4.43. The number of aldehydes is 1. The van der Waals surface area contributed by atoms with Crippen molar-refractivity contribution in [1.82, 2.24) is 15.1 Å². The molecule has 0 aromatic heterocycles. The Morgan fingerprint density at radius 1 is 1.45 bits per heavy atom. The van der Waals surface area contributed by atoms with Crippen molar-refractivity contribution in [3.05, 3.63) is 29.3 Å². The van der Waals surface area contributed by atoms with Gasteiger partial charge < -0.3 is 19.7 Å². The van der Waals surface area contributed by atoms with Gasteiger partial charge in [-0.3, -0.25) is 14.5 Å². The lowest BCUT2D eigenvalue weighted by Crippen LogP contribution is -2.49. The lowest BCUT2D eigenvalue weighted by molar-refractivity contribution is -0.121. The van der Waals surface area contributed by atoms with Crippen LogP contribution in [0.15, 0.2) is 18.2 Å². The van der Waals surface area contributed by atoms with Crippen LogP contribution in [0.25, 0.3) is 0 Å². The SMILES string of the molecule is CCN1CCC(C)(F)CC1COc1ccc2c(c1)CN(C(C=O)CCC(=O)NC)C2=O. The van der Waals surface area contributed by atoms with E-state index in [1.54, 1.807) is 19.1 Å². The number of likely N-dealkylation sites (tertiary alicyclic amines) is 1. The molecule has 3 unspecified atom stereocenters. The second-order valence-corrected chi connectivity index (χ2v) is 8.63. The van der Waals surface area contributed by atoms with Crippen LogP contribution in [0, 0.1) is 0 Å². The second kappa shape index (κ2) is 9.77. The molecule has 170 valence electrons. The Labute approximate surface area is 182 Å². The summed E-state index contributed by atoms with van der Waals surface area (Å²) in [6, 6.07) is 4.63. The number of piperidine rings is 1. The van der Waals surface area contributed by atoms with E-state index in [1.807, 2.05) is 6.07 Å². The van der Waals surface area contributed by atoms with Crippen molar-refractivity contribution < 1.29 is 23.5 Å². The molecule has 0 bridgehead atoms. The van der Waals surface area contributed by atoms with Crippen LogP contribution < -0.4 is 10.1 Å². The Kier molecular flexibility index (Phi) is 7.30. The lowest BCUT2D eigenvalue weighted by atomic mass is 9.90. The zero-order chi connectivity index (χ0) is 22.6. The molecule has 3 rings (SSSR count). The third kappa shape index (κ3) is 5.42. The molecule has 1 fully saturated rings. The average Bonchev–Trinajstić information content (AvgIpc) is 3.08. The van der Waals surface area contributed by atoms with E-state index in [9.17, 15) is 18.8 Å². The van der Waals surface area contributed by atoms with E-state index in [1.165, 1.54) is 11.9 Å². The van der Waals surface area contributed by atoms with Gasteiger partial charge in [-0.05, 0) is 56.5 Å². The number of carbonyl (C=O) groups excluding carboxylic acids is 3. The molecule has 2 heterocycles. The summed E-state index contributed by atoms with van der Waals surface area (Å²) < 4.78 is 20.5. The van der Waals surface area contributed by atoms with E-state index in [0.717, 1.165) is 18.4 Å². The Morgan fingerprint density at radius 3 is 2.90 bits per heavy atom. The predicted molar refractivity (Wildman–Crippen MR) is 115 cm³/mol. The van der Waals surface area contributed by atoms with Crippen LogP contribution >= 0.6 is 0 Å². The highest BCUT2D eigenvalue weighted by Crippen LogP contribution is 2.32. The van der Waals surface area contributed by atoms with Gasteiger partial charge in [0, 0.05) is 38.2 Å². The zero-order valence-electron chi connectivity index (χ0n) is 18.5. The molecule has 0 saturated carbocycles. The Bertz CT molecular complexity index is 829. The minimum Gasteiger partial charge on any atom is -0.492 e. The Hall–Kier alpha value is -2.48. The topological polar surface area (TPSA) is 79.0 Å². The second-order valence-electron chi connectivity index (χ2n) is 8.63. The van der Waals surface area contributed by atoms with Crippen LogP contribution in [0.5, 0.6) is 5.75 Å². The normalized spacial score (nSPS) is 24.6. The van der Waals surface area contributed by atoms with Crippen molar-refractivity contribution in [1.29, 1.82) is 0 Å². The quantitative estimate of drug-likeness (QED) is 0.605. The summed E-state index contributed by atoms with van der Waals surface area (Å²) in [5.74, 6) is 0.247. The molecule has 1 aromatic carbocycles. The van der Waals surface area contributed by atoms with Gasteiger partial charge in [0.25, 0.3) is 5.91 Å². The van der Waals surface area contributed by atoms with Gasteiger partial charge in [0.1, 0.15) is 24.3 Å². The molecule has 1 aromatic rings. The zero-order valence-corrected chi connectivity index (χ0v) is 18.5. The fraction of sp³-hybridized carbons (Fsp3) is 0.609. The number of carbonyl (C=O) groups is 3. The summed E-state index contributed by atoms with van der Waals surface area (Å²) in [5.41, 5.74) is 0.159. The summed E-state index contributed by atoms with van der Waals surface area (Å²) in [7, 11) is 1.54. The standard InChI is InChI=1S/C23H32FN3O4/c1-4-26-10-9-23(2,24)12-18(26)15-31-19-6-7-20-16(11-19)13-27(22(20)30)17(14-28)5-8-21(29)25-3/h6-7,11,14,17-18H,4-5,8-10,12-13,15H2,1-3H3,(H,25,29). The number of ether oxygens (including phenoxy) is 1. The van der Waals surface area contributed by atoms with E-state index in [2.05, 4.69) is 17.1 Å². The van der Waals surface area contributed by atoms with Gasteiger partial charge in [0.2, 0.25) is 5.91 Å². The van der Waals surface area contributed by atoms with Gasteiger partial charge in [-0.15, -0.1) is 0 Å². The first-order valence-corrected chi connectivity index (χ1v) is 10.9. The van der Waals surface area contributed by atoms with Gasteiger partial charge in [-0.2, -0.15) is 0 Å². The Morgan fingerprint density at radius 2 is 2.23 bits per heavy atom. The summed E-state index contributed by atoms with van der Waals surface area (Å²) in [6.45, 7) is 5.96. The first kappa shape index (κ1) is 23.2. The van der Waals surface area contributed by atoms with E-state index in [-0.39, 0.29) is 30.7 Å². The smallest absolute Gasteiger partial charge is 0.255 e. The van der Waals surface area contributed by atoms with Crippen LogP contribution in [0.4, 0.5) is 4.39 Å². The van der Waals surface area contributed by atoms with Crippen molar-refractivity contribution in [2.24, 2.45) is 0 Å². The average molecular weight is 434 g/mol. The molecule has 2 aliphatic rings. The summed E-state index contributed by atoms with van der Waals surface area (Å²) in [5, 5.41) is 2.52. The highest BCUT2D eigenvalue weighted by Gasteiger charge is 2.36. The number of fused-ring (bicyclic) bond motifs is 1. The number of hydrogen-bond donors (Lipinski definition) is 1. The van der Waals surface area contributed by atoms with Crippen molar-refractivity contribution in [3.63, 3.8) is 0 Å². The number of nitrogens with one attached hydrogen (secondary N) is 1. The van der Waals surface area contributed by atoms with E-state index in [4.69, 9.17) is 4.74 Å². The summed E-state index contributed by atoms with van der Waals surface area (Å²) >= 11 is 0. The van der Waals surface area contributed by atoms with Crippen LogP contribution in [-0.4, -0.2) is 72.4 Å². The molecule has 8 heteroatoms. The highest BCUT2D eigenvalue weighted by molar-refractivity contribution is 5.99. The molecule has 7 nitrogen and oxygen atoms in total. The summed E-state index contributed by atoms with van der Waals surface area (Å²) in [4.78, 5) is 39.6. The highest BCUT2D eigenvalue weighted by atomic mass is 19.1. The molecule has 0 radical (unpaired) electrons. The third-order valence-electron chi connectivity index (χ3n) is 6.36. The lowest BCUT2D eigenvalue weighted by Gasteiger charge is -2.40. The minimum atomic E-state index is -1.18. The molecular weight excluding hydrogens is 401 g/mol. The maximum absolute atomic E-state index is 14.5. The first-order valence-electron chi connectivity index (χ1n) is 10.9. The van der Waals surface area contributed by atoms with Crippen molar-refractivity contribution >= 4 is 18.1 Å². The predicted octanol–water partition coefficient (Wildman–Crippen LogP) is 2.33. The number of alkyl halides is 1. The molecule has 2 amide bonds. The largest absolute Gasteiger partial charge is 0.492 e. The maximum Gasteiger partial charge on any atom is 0.255 e. The van der Waals surface area contributed by atoms with Crippen LogP contribution in [-0.2, 0) is 16.1 Å². The first-order chi connectivity index (χ1) is 14.8. The van der Waals surface area contributed by atoms with Crippen LogP contribution in [0.2, 0.25) is 0 Å². The van der Waals surface area contributed by atoms with Gasteiger partial charge in [-0.1, -0.05) is 6.92 Å². The molecule has 1 saturated heterocycles. The van der Waals surface area contributed by atoms with Crippen molar-refractivity contribution in [3.8, 4) is 5.75 Å². The number of nitrogens with zero attached hydrogens (tertiary/aromatic N) is 2. The van der Waals surface area contributed by atoms with E-state index in [0.29, 0.717) is 43.9 Å². The molecule has 0 spiro atoms. The number of amides is 2.